The van der Waals surface area contributed by atoms with Gasteiger partial charge in [0.15, 0.2) is 0 Å². The van der Waals surface area contributed by atoms with Crippen molar-refractivity contribution in [1.82, 2.24) is 9.47 Å². The highest BCUT2D eigenvalue weighted by molar-refractivity contribution is 9.10. The van der Waals surface area contributed by atoms with Crippen LogP contribution in [0.1, 0.15) is 39.4 Å². The Morgan fingerprint density at radius 2 is 2.04 bits per heavy atom. The molecule has 2 aromatic rings. The fourth-order valence-electron chi connectivity index (χ4n) is 3.09. The van der Waals surface area contributed by atoms with E-state index in [9.17, 15) is 9.18 Å². The summed E-state index contributed by atoms with van der Waals surface area (Å²) in [6, 6.07) is 5.03. The van der Waals surface area contributed by atoms with Crippen molar-refractivity contribution >= 4 is 32.9 Å². The van der Waals surface area contributed by atoms with Crippen LogP contribution in [-0.4, -0.2) is 27.7 Å². The van der Waals surface area contributed by atoms with E-state index in [-0.39, 0.29) is 18.0 Å². The van der Waals surface area contributed by atoms with Gasteiger partial charge in [-0.3, -0.25) is 0 Å². The molecule has 1 aliphatic rings. The van der Waals surface area contributed by atoms with Gasteiger partial charge < -0.3 is 14.2 Å². The topological polar surface area (TPSA) is 34.5 Å². The maximum absolute atomic E-state index is 13.6. The van der Waals surface area contributed by atoms with Crippen LogP contribution in [0.5, 0.6) is 0 Å². The van der Waals surface area contributed by atoms with E-state index in [4.69, 9.17) is 4.74 Å². The summed E-state index contributed by atoms with van der Waals surface area (Å²) in [4.78, 5) is 14.0. The zero-order chi connectivity index (χ0) is 16.9. The molecule has 0 bridgehead atoms. The van der Waals surface area contributed by atoms with E-state index in [2.05, 4.69) is 27.4 Å². The molecule has 0 spiro atoms. The summed E-state index contributed by atoms with van der Waals surface area (Å²) in [5.41, 5.74) is 1.44. The first-order valence-corrected chi connectivity index (χ1v) is 8.42. The van der Waals surface area contributed by atoms with E-state index in [0.717, 1.165) is 21.1 Å². The number of ether oxygens (including phenoxy) is 1. The molecule has 4 nitrogen and oxygen atoms in total. The molecular weight excluding hydrogens is 363 g/mol. The molecule has 124 valence electrons. The summed E-state index contributed by atoms with van der Waals surface area (Å²) in [7, 11) is 0. The van der Waals surface area contributed by atoms with Crippen molar-refractivity contribution in [2.45, 2.75) is 45.9 Å². The molecular formula is C17H20BrFN2O2. The van der Waals surface area contributed by atoms with Crippen molar-refractivity contribution in [3.05, 3.63) is 34.2 Å². The monoisotopic (exact) mass is 382 g/mol. The van der Waals surface area contributed by atoms with Crippen LogP contribution in [0.3, 0.4) is 0 Å². The van der Waals surface area contributed by atoms with Crippen LogP contribution < -0.4 is 0 Å². The molecule has 1 atom stereocenters. The Hall–Kier alpha value is -1.56. The van der Waals surface area contributed by atoms with E-state index >= 15 is 0 Å². The van der Waals surface area contributed by atoms with Gasteiger partial charge in [0.25, 0.3) is 0 Å². The normalized spacial score (nSPS) is 18.2. The second-order valence-electron chi connectivity index (χ2n) is 7.04. The molecule has 1 unspecified atom stereocenters. The highest BCUT2D eigenvalue weighted by Gasteiger charge is 2.30. The third-order valence-electron chi connectivity index (χ3n) is 3.86. The molecule has 1 aliphatic heterocycles. The Bertz CT molecular complexity index is 779. The molecule has 0 radical (unpaired) electrons. The summed E-state index contributed by atoms with van der Waals surface area (Å²) in [6.45, 7) is 8.65. The number of hydrogen-bond acceptors (Lipinski definition) is 2. The lowest BCUT2D eigenvalue weighted by Crippen LogP contribution is -2.42. The highest BCUT2D eigenvalue weighted by atomic mass is 79.9. The number of carbonyl (C=O) groups excluding carboxylic acids is 1. The van der Waals surface area contributed by atoms with Crippen molar-refractivity contribution < 1.29 is 13.9 Å². The standard InChI is InChI=1S/C17H20BrFN2O2/c1-10-8-20(16(22)23-17(2,3)4)9-13-6-11-5-12(19)7-14(18)15(11)21(10)13/h5-7,10H,8-9H2,1-4H3. The van der Waals surface area contributed by atoms with Gasteiger partial charge in [0.2, 0.25) is 0 Å². The summed E-state index contributed by atoms with van der Waals surface area (Å²) >= 11 is 3.45. The number of carbonyl (C=O) groups is 1. The van der Waals surface area contributed by atoms with Crippen LogP contribution in [0.25, 0.3) is 10.9 Å². The van der Waals surface area contributed by atoms with Gasteiger partial charge in [-0.2, -0.15) is 0 Å². The fourth-order valence-corrected chi connectivity index (χ4v) is 3.73. The first-order chi connectivity index (χ1) is 10.7. The molecule has 0 fully saturated rings. The van der Waals surface area contributed by atoms with Crippen LogP contribution in [0.4, 0.5) is 9.18 Å². The van der Waals surface area contributed by atoms with Crippen LogP contribution in [0.15, 0.2) is 22.7 Å². The minimum Gasteiger partial charge on any atom is -0.444 e. The van der Waals surface area contributed by atoms with Gasteiger partial charge in [0.05, 0.1) is 12.1 Å². The van der Waals surface area contributed by atoms with Gasteiger partial charge in [-0.15, -0.1) is 0 Å². The van der Waals surface area contributed by atoms with Gasteiger partial charge in [-0.1, -0.05) is 0 Å². The van der Waals surface area contributed by atoms with Crippen molar-refractivity contribution in [1.29, 1.82) is 0 Å². The highest BCUT2D eigenvalue weighted by Crippen LogP contribution is 2.34. The molecule has 6 heteroatoms. The first kappa shape index (κ1) is 16.3. The van der Waals surface area contributed by atoms with Crippen LogP contribution >= 0.6 is 15.9 Å². The lowest BCUT2D eigenvalue weighted by Gasteiger charge is -2.35. The SMILES string of the molecule is CC1CN(C(=O)OC(C)(C)C)Cc2cc3cc(F)cc(Br)c3n21. The molecule has 1 amide bonds. The van der Waals surface area contributed by atoms with E-state index in [1.54, 1.807) is 4.90 Å². The summed E-state index contributed by atoms with van der Waals surface area (Å²) in [5.74, 6) is -0.274. The van der Waals surface area contributed by atoms with Gasteiger partial charge in [0.1, 0.15) is 11.4 Å². The van der Waals surface area contributed by atoms with E-state index < -0.39 is 5.60 Å². The number of hydrogen-bond donors (Lipinski definition) is 0. The number of halogens is 2. The van der Waals surface area contributed by atoms with Crippen LogP contribution in [0.2, 0.25) is 0 Å². The minimum absolute atomic E-state index is 0.0885. The molecule has 0 aliphatic carbocycles. The Morgan fingerprint density at radius 3 is 2.70 bits per heavy atom. The number of aromatic nitrogens is 1. The quantitative estimate of drug-likeness (QED) is 0.652. The molecule has 0 N–H and O–H groups in total. The molecule has 2 heterocycles. The third kappa shape index (κ3) is 3.09. The minimum atomic E-state index is -0.517. The number of rotatable bonds is 0. The molecule has 23 heavy (non-hydrogen) atoms. The summed E-state index contributed by atoms with van der Waals surface area (Å²) < 4.78 is 22.0. The smallest absolute Gasteiger partial charge is 0.410 e. The number of fused-ring (bicyclic) bond motifs is 3. The van der Waals surface area contributed by atoms with Crippen molar-refractivity contribution in [2.75, 3.05) is 6.54 Å². The number of benzene rings is 1. The number of amides is 1. The third-order valence-corrected chi connectivity index (χ3v) is 4.46. The first-order valence-electron chi connectivity index (χ1n) is 7.62. The van der Waals surface area contributed by atoms with Crippen molar-refractivity contribution in [3.8, 4) is 0 Å². The fraction of sp³-hybridized carbons (Fsp3) is 0.471. The maximum Gasteiger partial charge on any atom is 0.410 e. The van der Waals surface area contributed by atoms with E-state index in [1.165, 1.54) is 12.1 Å². The zero-order valence-corrected chi connectivity index (χ0v) is 15.3. The van der Waals surface area contributed by atoms with Gasteiger partial charge in [-0.05, 0) is 61.8 Å². The second-order valence-corrected chi connectivity index (χ2v) is 7.90. The Morgan fingerprint density at radius 1 is 1.35 bits per heavy atom. The van der Waals surface area contributed by atoms with Crippen molar-refractivity contribution in [2.24, 2.45) is 0 Å². The molecule has 1 aromatic heterocycles. The Kier molecular flexibility index (Phi) is 3.91. The van der Waals surface area contributed by atoms with E-state index in [0.29, 0.717) is 13.1 Å². The maximum atomic E-state index is 13.6. The molecule has 1 aromatic carbocycles. The summed E-state index contributed by atoms with van der Waals surface area (Å²) in [5, 5.41) is 0.838. The summed E-state index contributed by atoms with van der Waals surface area (Å²) in [6.07, 6.45) is -0.314. The predicted octanol–water partition coefficient (Wildman–Crippen LogP) is 4.85. The average Bonchev–Trinajstić information content (AvgIpc) is 2.75. The average molecular weight is 383 g/mol. The lowest BCUT2D eigenvalue weighted by atomic mass is 10.2. The van der Waals surface area contributed by atoms with Gasteiger partial charge in [0, 0.05) is 28.1 Å². The van der Waals surface area contributed by atoms with Crippen molar-refractivity contribution in [3.63, 3.8) is 0 Å². The largest absolute Gasteiger partial charge is 0.444 e. The zero-order valence-electron chi connectivity index (χ0n) is 13.7. The molecule has 0 saturated carbocycles. The second kappa shape index (κ2) is 5.51. The molecule has 3 rings (SSSR count). The van der Waals surface area contributed by atoms with Crippen LogP contribution in [-0.2, 0) is 11.3 Å². The predicted molar refractivity (Wildman–Crippen MR) is 91.0 cm³/mol. The van der Waals surface area contributed by atoms with E-state index in [1.807, 2.05) is 26.8 Å². The van der Waals surface area contributed by atoms with Gasteiger partial charge in [-0.25, -0.2) is 9.18 Å². The van der Waals surface area contributed by atoms with Crippen LogP contribution in [0, 0.1) is 5.82 Å². The van der Waals surface area contributed by atoms with Gasteiger partial charge >= 0.3 is 6.09 Å². The lowest BCUT2D eigenvalue weighted by molar-refractivity contribution is 0.0176. The number of nitrogens with zero attached hydrogens (tertiary/aromatic N) is 2. The Labute approximate surface area is 143 Å². The Balaban J connectivity index is 1.98. The molecule has 0 saturated heterocycles.